The Kier molecular flexibility index (Phi) is 5.20. The van der Waals surface area contributed by atoms with Crippen LogP contribution in [0.3, 0.4) is 0 Å². The van der Waals surface area contributed by atoms with E-state index in [9.17, 15) is 4.39 Å². The van der Waals surface area contributed by atoms with Gasteiger partial charge in [-0.3, -0.25) is 15.8 Å². The highest BCUT2D eigenvalue weighted by molar-refractivity contribution is 6.45. The number of ether oxygens (including phenoxy) is 1. The van der Waals surface area contributed by atoms with E-state index in [4.69, 9.17) is 21.1 Å². The molecule has 0 unspecified atom stereocenters. The molecule has 0 bridgehead atoms. The number of amidine groups is 1. The Bertz CT molecular complexity index is 769. The van der Waals surface area contributed by atoms with Gasteiger partial charge in [-0.2, -0.15) is 10.4 Å². The minimum Gasteiger partial charge on any atom is -0.486 e. The minimum absolute atomic E-state index is 0.0865. The second-order valence-electron chi connectivity index (χ2n) is 4.39. The maximum absolute atomic E-state index is 14.0. The van der Waals surface area contributed by atoms with Gasteiger partial charge in [-0.15, -0.1) is 0 Å². The van der Waals surface area contributed by atoms with Crippen molar-refractivity contribution in [2.45, 2.75) is 6.61 Å². The zero-order valence-electron chi connectivity index (χ0n) is 12.0. The van der Waals surface area contributed by atoms with Crippen LogP contribution in [0.2, 0.25) is 0 Å². The van der Waals surface area contributed by atoms with Gasteiger partial charge in [0.1, 0.15) is 12.7 Å². The zero-order chi connectivity index (χ0) is 16.7. The summed E-state index contributed by atoms with van der Waals surface area (Å²) >= 11 is 0. The van der Waals surface area contributed by atoms with Crippen molar-refractivity contribution in [3.05, 3.63) is 54.1 Å². The number of rotatable bonds is 6. The minimum atomic E-state index is -0.583. The summed E-state index contributed by atoms with van der Waals surface area (Å²) in [5, 5.41) is 19.4. The number of pyridine rings is 1. The number of hydrogen-bond acceptors (Lipinski definition) is 6. The highest BCUT2D eigenvalue weighted by Crippen LogP contribution is 2.22. The van der Waals surface area contributed by atoms with E-state index in [0.29, 0.717) is 5.69 Å². The topological polar surface area (TPSA) is 120 Å². The van der Waals surface area contributed by atoms with E-state index in [2.05, 4.69) is 15.5 Å². The number of aromatic nitrogens is 1. The van der Waals surface area contributed by atoms with Crippen molar-refractivity contribution in [2.24, 2.45) is 10.8 Å². The maximum Gasteiger partial charge on any atom is 0.201 e. The van der Waals surface area contributed by atoms with E-state index in [1.807, 2.05) is 0 Å². The van der Waals surface area contributed by atoms with Crippen LogP contribution in [0, 0.1) is 22.6 Å². The monoisotopic (exact) mass is 312 g/mol. The number of anilines is 1. The van der Waals surface area contributed by atoms with E-state index in [0.717, 1.165) is 5.56 Å². The molecule has 0 fully saturated rings. The van der Waals surface area contributed by atoms with Crippen molar-refractivity contribution >= 4 is 17.2 Å². The van der Waals surface area contributed by atoms with Crippen molar-refractivity contribution in [2.75, 3.05) is 5.43 Å². The maximum atomic E-state index is 14.0. The van der Waals surface area contributed by atoms with E-state index in [1.54, 1.807) is 30.6 Å². The molecule has 116 valence electrons. The third-order valence-corrected chi connectivity index (χ3v) is 2.73. The predicted octanol–water partition coefficient (Wildman–Crippen LogP) is 2.03. The molecule has 0 aliphatic carbocycles. The lowest BCUT2D eigenvalue weighted by Gasteiger charge is -2.08. The molecule has 1 aromatic carbocycles. The van der Waals surface area contributed by atoms with Crippen LogP contribution in [0.4, 0.5) is 10.1 Å². The quantitative estimate of drug-likeness (QED) is 0.428. The number of hydrogen-bond donors (Lipinski definition) is 3. The summed E-state index contributed by atoms with van der Waals surface area (Å²) in [6, 6.07) is 9.33. The molecule has 0 amide bonds. The van der Waals surface area contributed by atoms with E-state index in [-0.39, 0.29) is 18.1 Å². The van der Waals surface area contributed by atoms with Crippen molar-refractivity contribution in [3.8, 4) is 11.8 Å². The largest absolute Gasteiger partial charge is 0.486 e. The highest BCUT2D eigenvalue weighted by Gasteiger charge is 2.06. The molecule has 4 N–H and O–H groups in total. The summed E-state index contributed by atoms with van der Waals surface area (Å²) in [5.74, 6) is -0.971. The molecule has 23 heavy (non-hydrogen) atoms. The molecule has 8 heteroatoms. The van der Waals surface area contributed by atoms with Crippen LogP contribution < -0.4 is 15.9 Å². The van der Waals surface area contributed by atoms with Crippen molar-refractivity contribution in [1.29, 1.82) is 10.7 Å². The average molecular weight is 312 g/mol. The number of nitrogens with zero attached hydrogens (tertiary/aromatic N) is 3. The number of nitriles is 1. The molecule has 2 rings (SSSR count). The molecule has 0 saturated carbocycles. The van der Waals surface area contributed by atoms with Gasteiger partial charge in [0.15, 0.2) is 17.4 Å². The van der Waals surface area contributed by atoms with Crippen LogP contribution in [-0.4, -0.2) is 16.5 Å². The molecule has 1 heterocycles. The fourth-order valence-corrected chi connectivity index (χ4v) is 1.59. The Hall–Kier alpha value is -3.47. The standard InChI is InChI=1S/C15H13FN6O/c16-12-7-11(21-22-13(8-17)15(18)19)1-2-14(12)23-9-10-3-5-20-6-4-10/h1-7,21H,9H2,(H3,18,19)/b22-13+. The number of benzene rings is 1. The summed E-state index contributed by atoms with van der Waals surface area (Å²) < 4.78 is 19.3. The van der Waals surface area contributed by atoms with Crippen molar-refractivity contribution in [1.82, 2.24) is 4.98 Å². The lowest BCUT2D eigenvalue weighted by Crippen LogP contribution is -2.21. The van der Waals surface area contributed by atoms with Gasteiger partial charge in [0.2, 0.25) is 5.71 Å². The van der Waals surface area contributed by atoms with Gasteiger partial charge in [0, 0.05) is 18.5 Å². The molecular weight excluding hydrogens is 299 g/mol. The summed E-state index contributed by atoms with van der Waals surface area (Å²) in [4.78, 5) is 3.89. The van der Waals surface area contributed by atoms with Gasteiger partial charge in [-0.1, -0.05) is 0 Å². The predicted molar refractivity (Wildman–Crippen MR) is 83.6 cm³/mol. The van der Waals surface area contributed by atoms with Crippen LogP contribution in [0.5, 0.6) is 5.75 Å². The Labute approximate surface area is 131 Å². The van der Waals surface area contributed by atoms with E-state index in [1.165, 1.54) is 18.2 Å². The Morgan fingerprint density at radius 2 is 2.13 bits per heavy atom. The molecule has 0 spiro atoms. The molecule has 0 radical (unpaired) electrons. The molecule has 0 aliphatic heterocycles. The fourth-order valence-electron chi connectivity index (χ4n) is 1.59. The molecule has 0 saturated heterocycles. The molecule has 1 aromatic heterocycles. The number of nitrogens with two attached hydrogens (primary N) is 1. The number of nitrogens with one attached hydrogen (secondary N) is 2. The average Bonchev–Trinajstić information content (AvgIpc) is 2.55. The Morgan fingerprint density at radius 1 is 1.39 bits per heavy atom. The zero-order valence-corrected chi connectivity index (χ0v) is 12.0. The van der Waals surface area contributed by atoms with Gasteiger partial charge >= 0.3 is 0 Å². The SMILES string of the molecule is N#C/C(=N\Nc1ccc(OCc2ccncc2)c(F)c1)C(=N)N. The van der Waals surface area contributed by atoms with Gasteiger partial charge < -0.3 is 10.5 Å². The van der Waals surface area contributed by atoms with Gasteiger partial charge in [0.25, 0.3) is 0 Å². The third kappa shape index (κ3) is 4.50. The Balaban J connectivity index is 2.03. The second-order valence-corrected chi connectivity index (χ2v) is 4.39. The van der Waals surface area contributed by atoms with Gasteiger partial charge in [-0.25, -0.2) is 4.39 Å². The van der Waals surface area contributed by atoms with Gasteiger partial charge in [-0.05, 0) is 29.8 Å². The van der Waals surface area contributed by atoms with Crippen LogP contribution >= 0.6 is 0 Å². The summed E-state index contributed by atoms with van der Waals surface area (Å²) in [5.41, 5.74) is 8.49. The molecule has 0 atom stereocenters. The van der Waals surface area contributed by atoms with Crippen LogP contribution in [0.25, 0.3) is 0 Å². The normalized spacial score (nSPS) is 10.7. The lowest BCUT2D eigenvalue weighted by molar-refractivity contribution is 0.290. The highest BCUT2D eigenvalue weighted by atomic mass is 19.1. The number of halogens is 1. The second kappa shape index (κ2) is 7.51. The Morgan fingerprint density at radius 3 is 2.74 bits per heavy atom. The third-order valence-electron chi connectivity index (χ3n) is 2.73. The van der Waals surface area contributed by atoms with Gasteiger partial charge in [0.05, 0.1) is 5.69 Å². The first kappa shape index (κ1) is 15.9. The van der Waals surface area contributed by atoms with Crippen LogP contribution in [-0.2, 0) is 6.61 Å². The first-order chi connectivity index (χ1) is 11.1. The summed E-state index contributed by atoms with van der Waals surface area (Å²) in [6.07, 6.45) is 3.25. The molecule has 7 nitrogen and oxygen atoms in total. The smallest absolute Gasteiger partial charge is 0.201 e. The molecule has 0 aliphatic rings. The molecular formula is C15H13FN6O. The first-order valence-electron chi connectivity index (χ1n) is 6.49. The van der Waals surface area contributed by atoms with Crippen LogP contribution in [0.1, 0.15) is 5.56 Å². The lowest BCUT2D eigenvalue weighted by atomic mass is 10.2. The fraction of sp³-hybridized carbons (Fsp3) is 0.0667. The van der Waals surface area contributed by atoms with Crippen molar-refractivity contribution < 1.29 is 9.13 Å². The van der Waals surface area contributed by atoms with Crippen molar-refractivity contribution in [3.63, 3.8) is 0 Å². The number of hydrazone groups is 1. The summed E-state index contributed by atoms with van der Waals surface area (Å²) in [6.45, 7) is 0.216. The van der Waals surface area contributed by atoms with E-state index >= 15 is 0 Å². The molecule has 2 aromatic rings. The van der Waals surface area contributed by atoms with Crippen LogP contribution in [0.15, 0.2) is 47.8 Å². The van der Waals surface area contributed by atoms with E-state index < -0.39 is 11.7 Å². The summed E-state index contributed by atoms with van der Waals surface area (Å²) in [7, 11) is 0. The first-order valence-corrected chi connectivity index (χ1v) is 6.49.